The summed E-state index contributed by atoms with van der Waals surface area (Å²) in [5.41, 5.74) is 2.73. The largest absolute Gasteiger partial charge is 0.450 e. The number of methoxy groups -OCH3 is 1. The molecule has 0 amide bonds. The van der Waals surface area contributed by atoms with Gasteiger partial charge in [-0.1, -0.05) is 24.3 Å². The van der Waals surface area contributed by atoms with Crippen LogP contribution in [0.15, 0.2) is 24.3 Å². The smallest absolute Gasteiger partial charge is 0.361 e. The minimum absolute atomic E-state index is 0.265. The highest BCUT2D eigenvalue weighted by atomic mass is 16.5. The van der Waals surface area contributed by atoms with Gasteiger partial charge in [0, 0.05) is 12.0 Å². The highest BCUT2D eigenvalue weighted by Crippen LogP contribution is 2.30. The zero-order valence-electron chi connectivity index (χ0n) is 8.69. The van der Waals surface area contributed by atoms with E-state index < -0.39 is 0 Å². The minimum atomic E-state index is 0.265. The third-order valence-electron chi connectivity index (χ3n) is 3.17. The summed E-state index contributed by atoms with van der Waals surface area (Å²) in [6.07, 6.45) is 1.27. The van der Waals surface area contributed by atoms with Crippen molar-refractivity contribution in [2.75, 3.05) is 13.7 Å². The van der Waals surface area contributed by atoms with Crippen molar-refractivity contribution >= 4 is 5.90 Å². The molecule has 2 aliphatic rings. The van der Waals surface area contributed by atoms with Crippen molar-refractivity contribution in [2.45, 2.75) is 18.6 Å². The van der Waals surface area contributed by atoms with Gasteiger partial charge in [-0.25, -0.2) is 4.99 Å². The Morgan fingerprint density at radius 3 is 3.13 bits per heavy atom. The predicted molar refractivity (Wildman–Crippen MR) is 55.6 cm³/mol. The fourth-order valence-electron chi connectivity index (χ4n) is 2.40. The lowest BCUT2D eigenvalue weighted by Crippen LogP contribution is -2.80. The van der Waals surface area contributed by atoms with Crippen molar-refractivity contribution < 1.29 is 14.5 Å². The van der Waals surface area contributed by atoms with Crippen LogP contribution in [0, 0.1) is 0 Å². The first-order valence-electron chi connectivity index (χ1n) is 5.24. The Balaban J connectivity index is 2.01. The molecule has 0 saturated heterocycles. The van der Waals surface area contributed by atoms with Crippen molar-refractivity contribution in [2.24, 2.45) is 0 Å². The first-order chi connectivity index (χ1) is 7.38. The lowest BCUT2D eigenvalue weighted by molar-refractivity contribution is -0.543. The van der Waals surface area contributed by atoms with Gasteiger partial charge in [-0.05, 0) is 5.56 Å². The van der Waals surface area contributed by atoms with E-state index in [4.69, 9.17) is 9.47 Å². The maximum Gasteiger partial charge on any atom is 0.361 e. The number of rotatable bonds is 0. The fourth-order valence-corrected chi connectivity index (χ4v) is 2.40. The van der Waals surface area contributed by atoms with Gasteiger partial charge in [0.15, 0.2) is 6.61 Å². The second-order valence-corrected chi connectivity index (χ2v) is 4.00. The summed E-state index contributed by atoms with van der Waals surface area (Å²) in [4.78, 5) is 3.39. The third kappa shape index (κ3) is 1.35. The van der Waals surface area contributed by atoms with Crippen molar-refractivity contribution in [3.63, 3.8) is 0 Å². The number of hydrogen-bond acceptors (Lipinski definition) is 2. The van der Waals surface area contributed by atoms with E-state index in [1.165, 1.54) is 11.1 Å². The summed E-state index contributed by atoms with van der Waals surface area (Å²) < 4.78 is 11.0. The maximum absolute atomic E-state index is 5.76. The molecule has 0 aromatic heterocycles. The molecule has 1 aromatic rings. The van der Waals surface area contributed by atoms with Crippen molar-refractivity contribution in [1.82, 2.24) is 0 Å². The predicted octanol–water partition coefficient (Wildman–Crippen LogP) is -0.192. The standard InChI is InChI=1S/C12H13NO2/c1-14-11-7-15-10-6-8-4-2-3-5-9(8)12(10)13-11/h2-5,10,12H,6-7H2,1H3/p+1. The van der Waals surface area contributed by atoms with Crippen molar-refractivity contribution in [1.29, 1.82) is 0 Å². The quantitative estimate of drug-likeness (QED) is 0.635. The van der Waals surface area contributed by atoms with Crippen LogP contribution in [0.5, 0.6) is 0 Å². The molecule has 2 unspecified atom stereocenters. The van der Waals surface area contributed by atoms with E-state index in [2.05, 4.69) is 29.3 Å². The highest BCUT2D eigenvalue weighted by molar-refractivity contribution is 5.71. The molecule has 3 rings (SSSR count). The molecule has 0 radical (unpaired) electrons. The minimum Gasteiger partial charge on any atom is -0.450 e. The van der Waals surface area contributed by atoms with E-state index in [9.17, 15) is 0 Å². The van der Waals surface area contributed by atoms with Gasteiger partial charge in [0.2, 0.25) is 6.04 Å². The van der Waals surface area contributed by atoms with Crippen LogP contribution in [0.2, 0.25) is 0 Å². The molecule has 3 nitrogen and oxygen atoms in total. The van der Waals surface area contributed by atoms with Gasteiger partial charge in [0.05, 0.1) is 7.11 Å². The number of benzene rings is 1. The average molecular weight is 204 g/mol. The Labute approximate surface area is 88.7 Å². The Morgan fingerprint density at radius 2 is 2.27 bits per heavy atom. The van der Waals surface area contributed by atoms with E-state index in [1.54, 1.807) is 7.11 Å². The second-order valence-electron chi connectivity index (χ2n) is 4.00. The van der Waals surface area contributed by atoms with Gasteiger partial charge >= 0.3 is 5.90 Å². The molecule has 78 valence electrons. The van der Waals surface area contributed by atoms with Crippen LogP contribution in [-0.4, -0.2) is 25.7 Å². The average Bonchev–Trinajstić information content (AvgIpc) is 2.66. The van der Waals surface area contributed by atoms with Crippen molar-refractivity contribution in [3.8, 4) is 0 Å². The summed E-state index contributed by atoms with van der Waals surface area (Å²) in [5, 5.41) is 0. The lowest BCUT2D eigenvalue weighted by Gasteiger charge is -2.18. The molecular weight excluding hydrogens is 190 g/mol. The monoisotopic (exact) mass is 204 g/mol. The first-order valence-corrected chi connectivity index (χ1v) is 5.24. The van der Waals surface area contributed by atoms with Crippen LogP contribution >= 0.6 is 0 Å². The van der Waals surface area contributed by atoms with Crippen LogP contribution in [0.25, 0.3) is 0 Å². The molecular formula is C12H14NO2+. The fraction of sp³-hybridized carbons (Fsp3) is 0.417. The SMILES string of the molecule is COC1=[NH+]C2c3ccccc3CC2OC1. The third-order valence-corrected chi connectivity index (χ3v) is 3.17. The van der Waals surface area contributed by atoms with Crippen LogP contribution in [0.1, 0.15) is 17.2 Å². The second kappa shape index (κ2) is 3.35. The number of ether oxygens (including phenoxy) is 2. The number of fused-ring (bicyclic) bond motifs is 3. The zero-order chi connectivity index (χ0) is 10.3. The van der Waals surface area contributed by atoms with Crippen molar-refractivity contribution in [3.05, 3.63) is 35.4 Å². The van der Waals surface area contributed by atoms with Gasteiger partial charge in [-0.3, -0.25) is 0 Å². The summed E-state index contributed by atoms with van der Waals surface area (Å²) in [5.74, 6) is 0.827. The highest BCUT2D eigenvalue weighted by Gasteiger charge is 2.41. The van der Waals surface area contributed by atoms with Gasteiger partial charge in [0.1, 0.15) is 6.10 Å². The van der Waals surface area contributed by atoms with Crippen LogP contribution in [0.4, 0.5) is 0 Å². The Hall–Kier alpha value is -1.35. The van der Waals surface area contributed by atoms with E-state index in [-0.39, 0.29) is 12.1 Å². The van der Waals surface area contributed by atoms with Gasteiger partial charge in [-0.2, -0.15) is 0 Å². The molecule has 15 heavy (non-hydrogen) atoms. The number of nitrogens with one attached hydrogen (secondary N) is 1. The lowest BCUT2D eigenvalue weighted by atomic mass is 10.1. The molecule has 2 atom stereocenters. The molecule has 0 bridgehead atoms. The van der Waals surface area contributed by atoms with Gasteiger partial charge < -0.3 is 9.47 Å². The molecule has 0 spiro atoms. The summed E-state index contributed by atoms with van der Waals surface area (Å²) in [6.45, 7) is 0.561. The van der Waals surface area contributed by atoms with Crippen LogP contribution in [0.3, 0.4) is 0 Å². The van der Waals surface area contributed by atoms with Crippen LogP contribution in [-0.2, 0) is 15.9 Å². The van der Waals surface area contributed by atoms with E-state index in [0.717, 1.165) is 12.3 Å². The van der Waals surface area contributed by atoms with E-state index in [0.29, 0.717) is 6.61 Å². The molecule has 1 aromatic carbocycles. The summed E-state index contributed by atoms with van der Waals surface area (Å²) in [6, 6.07) is 8.76. The summed E-state index contributed by atoms with van der Waals surface area (Å²) >= 11 is 0. The molecule has 3 heteroatoms. The molecule has 1 aliphatic carbocycles. The molecule has 1 aliphatic heterocycles. The van der Waals surface area contributed by atoms with E-state index in [1.807, 2.05) is 0 Å². The Kier molecular flexibility index (Phi) is 1.99. The molecule has 1 heterocycles. The summed E-state index contributed by atoms with van der Waals surface area (Å²) in [7, 11) is 1.67. The van der Waals surface area contributed by atoms with Crippen LogP contribution < -0.4 is 4.99 Å². The molecule has 1 N–H and O–H groups in total. The molecule has 0 fully saturated rings. The normalized spacial score (nSPS) is 27.9. The van der Waals surface area contributed by atoms with Gasteiger partial charge in [-0.15, -0.1) is 0 Å². The van der Waals surface area contributed by atoms with Gasteiger partial charge in [0.25, 0.3) is 0 Å². The topological polar surface area (TPSA) is 32.4 Å². The maximum atomic E-state index is 5.76. The Bertz CT molecular complexity index is 414. The first kappa shape index (κ1) is 8.92. The number of hydrogen-bond donors (Lipinski definition) is 1. The Morgan fingerprint density at radius 1 is 1.40 bits per heavy atom. The molecule has 0 saturated carbocycles. The zero-order valence-corrected chi connectivity index (χ0v) is 8.69. The van der Waals surface area contributed by atoms with E-state index >= 15 is 0 Å².